The summed E-state index contributed by atoms with van der Waals surface area (Å²) in [7, 11) is -1.11. The molecule has 1 aromatic rings. The number of amides is 1. The second kappa shape index (κ2) is 5.56. The average molecular weight is 300 g/mol. The van der Waals surface area contributed by atoms with Gasteiger partial charge < -0.3 is 4.74 Å². The molecule has 1 aliphatic heterocycles. The first-order valence-electron chi connectivity index (χ1n) is 6.26. The molecule has 0 aromatic carbocycles. The molecular formula is C12H18ClN3O2Si. The zero-order chi connectivity index (χ0) is 14.0. The van der Waals surface area contributed by atoms with Gasteiger partial charge in [-0.3, -0.25) is 9.69 Å². The molecule has 0 saturated carbocycles. The molecule has 7 heteroatoms. The second-order valence-electron chi connectivity index (χ2n) is 5.83. The molecule has 0 atom stereocenters. The largest absolute Gasteiger partial charge is 0.361 e. The fraction of sp³-hybridized carbons (Fsp3) is 0.583. The maximum atomic E-state index is 11.9. The first kappa shape index (κ1) is 14.4. The van der Waals surface area contributed by atoms with Gasteiger partial charge in [0.2, 0.25) is 11.2 Å². The maximum absolute atomic E-state index is 11.9. The van der Waals surface area contributed by atoms with E-state index in [-0.39, 0.29) is 17.9 Å². The van der Waals surface area contributed by atoms with E-state index < -0.39 is 8.07 Å². The minimum absolute atomic E-state index is 0.0143. The minimum Gasteiger partial charge on any atom is -0.361 e. The minimum atomic E-state index is -1.11. The third kappa shape index (κ3) is 3.74. The topological polar surface area (TPSA) is 55.3 Å². The Morgan fingerprint density at radius 3 is 2.89 bits per heavy atom. The van der Waals surface area contributed by atoms with E-state index in [1.807, 2.05) is 0 Å². The van der Waals surface area contributed by atoms with Crippen molar-refractivity contribution < 1.29 is 9.53 Å². The summed E-state index contributed by atoms with van der Waals surface area (Å²) in [5.74, 6) is 0.567. The van der Waals surface area contributed by atoms with Gasteiger partial charge in [0.1, 0.15) is 12.5 Å². The average Bonchev–Trinajstić information content (AvgIpc) is 2.59. The molecule has 2 rings (SSSR count). The van der Waals surface area contributed by atoms with Gasteiger partial charge in [-0.15, -0.1) is 0 Å². The lowest BCUT2D eigenvalue weighted by Crippen LogP contribution is -2.31. The highest BCUT2D eigenvalue weighted by Gasteiger charge is 2.29. The highest BCUT2D eigenvalue weighted by Crippen LogP contribution is 2.26. The molecule has 19 heavy (non-hydrogen) atoms. The Bertz CT molecular complexity index is 490. The summed E-state index contributed by atoms with van der Waals surface area (Å²) in [5.41, 5.74) is 0.809. The van der Waals surface area contributed by atoms with Gasteiger partial charge in [0.25, 0.3) is 0 Å². The summed E-state index contributed by atoms with van der Waals surface area (Å²) in [6.45, 7) is 7.79. The van der Waals surface area contributed by atoms with Crippen molar-refractivity contribution in [1.29, 1.82) is 0 Å². The molecule has 1 aromatic heterocycles. The Balaban J connectivity index is 1.95. The Labute approximate surface area is 119 Å². The quantitative estimate of drug-likeness (QED) is 0.476. The van der Waals surface area contributed by atoms with E-state index in [4.69, 9.17) is 16.3 Å². The number of fused-ring (bicyclic) bond motifs is 1. The van der Waals surface area contributed by atoms with Crippen molar-refractivity contribution in [2.75, 3.05) is 18.2 Å². The van der Waals surface area contributed by atoms with Crippen LogP contribution in [0.5, 0.6) is 0 Å². The van der Waals surface area contributed by atoms with Crippen LogP contribution in [0.15, 0.2) is 6.20 Å². The van der Waals surface area contributed by atoms with Crippen molar-refractivity contribution in [3.8, 4) is 0 Å². The summed E-state index contributed by atoms with van der Waals surface area (Å²) < 4.78 is 5.60. The fourth-order valence-electron chi connectivity index (χ4n) is 1.78. The van der Waals surface area contributed by atoms with Gasteiger partial charge in [-0.25, -0.2) is 4.98 Å². The number of carbonyl (C=O) groups excluding carboxylic acids is 1. The standard InChI is InChI=1S/C12H18ClN3O2Si/c1-19(2,3)5-4-18-8-16-10(17)6-9-7-14-12(13)15-11(9)16/h7H,4-6,8H2,1-3H3. The Hall–Kier alpha value is -0.983. The molecule has 1 aliphatic rings. The Morgan fingerprint density at radius 1 is 1.47 bits per heavy atom. The van der Waals surface area contributed by atoms with Crippen molar-refractivity contribution in [1.82, 2.24) is 9.97 Å². The smallest absolute Gasteiger partial charge is 0.234 e. The lowest BCUT2D eigenvalue weighted by molar-refractivity contribution is -0.118. The molecule has 0 unspecified atom stereocenters. The number of ether oxygens (including phenoxy) is 1. The summed E-state index contributed by atoms with van der Waals surface area (Å²) in [4.78, 5) is 21.4. The number of halogens is 1. The van der Waals surface area contributed by atoms with Crippen LogP contribution in [0, 0.1) is 0 Å². The zero-order valence-corrected chi connectivity index (χ0v) is 13.2. The van der Waals surface area contributed by atoms with Gasteiger partial charge >= 0.3 is 0 Å². The number of carbonyl (C=O) groups is 1. The van der Waals surface area contributed by atoms with Gasteiger partial charge in [0, 0.05) is 26.4 Å². The van der Waals surface area contributed by atoms with Gasteiger partial charge in [0.15, 0.2) is 0 Å². The van der Waals surface area contributed by atoms with E-state index >= 15 is 0 Å². The lowest BCUT2D eigenvalue weighted by Gasteiger charge is -2.19. The normalized spacial score (nSPS) is 14.9. The zero-order valence-electron chi connectivity index (χ0n) is 11.4. The molecule has 0 saturated heterocycles. The van der Waals surface area contributed by atoms with E-state index in [0.717, 1.165) is 11.6 Å². The van der Waals surface area contributed by atoms with Gasteiger partial charge in [0.05, 0.1) is 6.42 Å². The van der Waals surface area contributed by atoms with Crippen molar-refractivity contribution >= 4 is 31.4 Å². The van der Waals surface area contributed by atoms with Crippen molar-refractivity contribution in [2.45, 2.75) is 32.1 Å². The van der Waals surface area contributed by atoms with Crippen molar-refractivity contribution in [2.24, 2.45) is 0 Å². The molecule has 0 spiro atoms. The van der Waals surface area contributed by atoms with E-state index in [1.54, 1.807) is 6.20 Å². The van der Waals surface area contributed by atoms with Crippen LogP contribution >= 0.6 is 11.6 Å². The van der Waals surface area contributed by atoms with Crippen LogP contribution in [-0.2, 0) is 16.0 Å². The molecule has 0 bridgehead atoms. The molecule has 0 aliphatic carbocycles. The lowest BCUT2D eigenvalue weighted by atomic mass is 10.3. The SMILES string of the molecule is C[Si](C)(C)CCOCN1C(=O)Cc2cnc(Cl)nc21. The van der Waals surface area contributed by atoms with Crippen LogP contribution in [0.25, 0.3) is 0 Å². The number of nitrogens with zero attached hydrogens (tertiary/aromatic N) is 3. The van der Waals surface area contributed by atoms with Crippen LogP contribution in [0.4, 0.5) is 5.82 Å². The first-order valence-corrected chi connectivity index (χ1v) is 10.3. The molecule has 0 fully saturated rings. The third-order valence-corrected chi connectivity index (χ3v) is 4.81. The number of aromatic nitrogens is 2. The van der Waals surface area contributed by atoms with E-state index in [2.05, 4.69) is 29.6 Å². The summed E-state index contributed by atoms with van der Waals surface area (Å²) in [6, 6.07) is 1.08. The van der Waals surface area contributed by atoms with Crippen molar-refractivity contribution in [3.63, 3.8) is 0 Å². The molecule has 5 nitrogen and oxygen atoms in total. The highest BCUT2D eigenvalue weighted by atomic mass is 35.5. The van der Waals surface area contributed by atoms with Gasteiger partial charge in [-0.05, 0) is 17.6 Å². The Kier molecular flexibility index (Phi) is 4.22. The molecule has 104 valence electrons. The highest BCUT2D eigenvalue weighted by molar-refractivity contribution is 6.76. The molecule has 0 radical (unpaired) electrons. The fourth-order valence-corrected chi connectivity index (χ4v) is 2.66. The monoisotopic (exact) mass is 299 g/mol. The number of hydrogen-bond donors (Lipinski definition) is 0. The van der Waals surface area contributed by atoms with Crippen LogP contribution in [0.1, 0.15) is 5.56 Å². The maximum Gasteiger partial charge on any atom is 0.234 e. The van der Waals surface area contributed by atoms with Gasteiger partial charge in [-0.1, -0.05) is 19.6 Å². The molecule has 1 amide bonds. The second-order valence-corrected chi connectivity index (χ2v) is 11.8. The number of hydrogen-bond acceptors (Lipinski definition) is 4. The van der Waals surface area contributed by atoms with Crippen LogP contribution in [0.2, 0.25) is 31.0 Å². The molecule has 0 N–H and O–H groups in total. The van der Waals surface area contributed by atoms with E-state index in [9.17, 15) is 4.79 Å². The summed E-state index contributed by atoms with van der Waals surface area (Å²) in [5, 5.41) is 0.153. The number of rotatable bonds is 5. The van der Waals surface area contributed by atoms with Gasteiger partial charge in [-0.2, -0.15) is 4.98 Å². The number of anilines is 1. The van der Waals surface area contributed by atoms with Crippen LogP contribution < -0.4 is 4.90 Å². The Morgan fingerprint density at radius 2 is 2.21 bits per heavy atom. The van der Waals surface area contributed by atoms with E-state index in [0.29, 0.717) is 18.8 Å². The first-order chi connectivity index (χ1) is 8.87. The third-order valence-electron chi connectivity index (χ3n) is 2.93. The summed E-state index contributed by atoms with van der Waals surface area (Å²) >= 11 is 5.76. The summed E-state index contributed by atoms with van der Waals surface area (Å²) in [6.07, 6.45) is 1.93. The van der Waals surface area contributed by atoms with Crippen LogP contribution in [-0.4, -0.2) is 37.3 Å². The molecular weight excluding hydrogens is 282 g/mol. The predicted octanol–water partition coefficient (Wildman–Crippen LogP) is 2.33. The van der Waals surface area contributed by atoms with E-state index in [1.165, 1.54) is 4.90 Å². The van der Waals surface area contributed by atoms with Crippen LogP contribution in [0.3, 0.4) is 0 Å². The predicted molar refractivity (Wildman–Crippen MR) is 77.2 cm³/mol. The van der Waals surface area contributed by atoms with Crippen molar-refractivity contribution in [3.05, 3.63) is 17.0 Å². The molecule has 2 heterocycles.